The van der Waals surface area contributed by atoms with Crippen molar-refractivity contribution in [1.29, 1.82) is 0 Å². The maximum Gasteiger partial charge on any atom is 0.220 e. The molecule has 3 rings (SSSR count). The summed E-state index contributed by atoms with van der Waals surface area (Å²) in [6.45, 7) is 1.78. The third kappa shape index (κ3) is 44.5. The van der Waals surface area contributed by atoms with E-state index in [0.29, 0.717) is 12.8 Å². The van der Waals surface area contributed by atoms with E-state index in [9.17, 15) is 61.0 Å². The monoisotopic (exact) mass is 1470 g/mol. The summed E-state index contributed by atoms with van der Waals surface area (Å²) in [5, 5.41) is 121. The van der Waals surface area contributed by atoms with E-state index in [1.165, 1.54) is 289 Å². The SMILES string of the molecule is CCCCCCCCCC/C=C\CCCCCCCCCCCCCCCCCCCCCC(=O)NC(COC1OC(CO)C(OC2OC(CO)C(OC3OC(CO)C(O)C(O)C3O)C(O)C2O)C(O)C1O)C(O)/C=C/CC/C=C/CCCCCCCCCCCCCCCCCCCCCCC. The average Bonchev–Trinajstić information content (AvgIpc) is 0.781. The van der Waals surface area contributed by atoms with Gasteiger partial charge in [-0.25, -0.2) is 0 Å². The van der Waals surface area contributed by atoms with Crippen LogP contribution >= 0.6 is 0 Å². The fraction of sp³-hybridized carbons (Fsp3) is 0.917. The highest BCUT2D eigenvalue weighted by atomic mass is 16.8. The van der Waals surface area contributed by atoms with Gasteiger partial charge in [-0.15, -0.1) is 0 Å². The molecule has 3 aliphatic heterocycles. The Morgan fingerprint density at radius 3 is 0.971 bits per heavy atom. The molecule has 19 heteroatoms. The summed E-state index contributed by atoms with van der Waals surface area (Å²) in [6.07, 6.45) is 54.3. The standard InChI is InChI=1S/C84H157NO18/c1-3-5-7-9-11-13-15-17-19-21-23-25-27-29-31-32-33-34-36-38-40-42-44-46-48-50-52-54-56-58-60-62-72(90)85-67(68(89)61-59-57-55-53-51-49-47-45-43-41-39-37-35-30-28-26-24-22-20-18-16-14-12-10-8-6-4-2)66-98-82-78(96)75(93)80(70(64-87)100-82)103-84-79(97)76(94)81(71(65-88)101-84)102-83-77(95)74(92)73(91)69(63-86)99-83/h21,23,51,53,59,61,67-71,73-84,86-89,91-97H,3-20,22,24-50,52,54-58,60,62-66H2,1-2H3,(H,85,90)/b23-21-,53-51+,61-59+. The number of aliphatic hydroxyl groups excluding tert-OH is 11. The fourth-order valence-electron chi connectivity index (χ4n) is 14.6. The van der Waals surface area contributed by atoms with Gasteiger partial charge in [0, 0.05) is 6.42 Å². The Kier molecular flexibility index (Phi) is 59.9. The van der Waals surface area contributed by atoms with Crippen molar-refractivity contribution in [2.75, 3.05) is 26.4 Å². The number of nitrogens with one attached hydrogen (secondary N) is 1. The topological polar surface area (TPSA) is 307 Å². The van der Waals surface area contributed by atoms with Gasteiger partial charge in [-0.2, -0.15) is 0 Å². The molecule has 3 heterocycles. The van der Waals surface area contributed by atoms with Crippen LogP contribution in [0.25, 0.3) is 0 Å². The van der Waals surface area contributed by atoms with E-state index in [4.69, 9.17) is 28.4 Å². The lowest BCUT2D eigenvalue weighted by molar-refractivity contribution is -0.379. The van der Waals surface area contributed by atoms with E-state index in [0.717, 1.165) is 38.5 Å². The molecular weight excluding hydrogens is 1310 g/mol. The minimum Gasteiger partial charge on any atom is -0.394 e. The van der Waals surface area contributed by atoms with Crippen molar-refractivity contribution in [2.45, 2.75) is 465 Å². The van der Waals surface area contributed by atoms with Gasteiger partial charge in [-0.1, -0.05) is 333 Å². The van der Waals surface area contributed by atoms with Crippen molar-refractivity contribution >= 4 is 5.91 Å². The van der Waals surface area contributed by atoms with E-state index in [2.05, 4.69) is 43.5 Å². The summed E-state index contributed by atoms with van der Waals surface area (Å²) >= 11 is 0. The van der Waals surface area contributed by atoms with Gasteiger partial charge < -0.3 is 89.9 Å². The first kappa shape index (κ1) is 95.2. The molecule has 19 nitrogen and oxygen atoms in total. The van der Waals surface area contributed by atoms with Gasteiger partial charge in [-0.05, 0) is 57.8 Å². The van der Waals surface area contributed by atoms with Gasteiger partial charge >= 0.3 is 0 Å². The van der Waals surface area contributed by atoms with E-state index >= 15 is 0 Å². The Hall–Kier alpha value is -1.99. The average molecular weight is 1470 g/mol. The minimum atomic E-state index is -1.98. The molecule has 0 radical (unpaired) electrons. The molecule has 0 saturated carbocycles. The molecule has 17 unspecified atom stereocenters. The highest BCUT2D eigenvalue weighted by Gasteiger charge is 2.54. The highest BCUT2D eigenvalue weighted by molar-refractivity contribution is 5.76. The van der Waals surface area contributed by atoms with Crippen LogP contribution in [0.4, 0.5) is 0 Å². The van der Waals surface area contributed by atoms with Gasteiger partial charge in [0.25, 0.3) is 0 Å². The second-order valence-corrected chi connectivity index (χ2v) is 30.6. The Labute approximate surface area is 625 Å². The molecule has 3 saturated heterocycles. The summed E-state index contributed by atoms with van der Waals surface area (Å²) < 4.78 is 34.5. The van der Waals surface area contributed by atoms with Crippen LogP contribution in [0.15, 0.2) is 36.5 Å². The van der Waals surface area contributed by atoms with Crippen LogP contribution in [0.3, 0.4) is 0 Å². The third-order valence-electron chi connectivity index (χ3n) is 21.4. The van der Waals surface area contributed by atoms with Gasteiger partial charge in [0.05, 0.1) is 38.6 Å². The maximum absolute atomic E-state index is 13.5. The number of unbranched alkanes of at least 4 members (excludes halogenated alkanes) is 49. The Bertz CT molecular complexity index is 2000. The molecule has 3 aliphatic rings. The van der Waals surface area contributed by atoms with Crippen LogP contribution in [0, 0.1) is 0 Å². The predicted octanol–water partition coefficient (Wildman–Crippen LogP) is 15.1. The van der Waals surface area contributed by atoms with E-state index < -0.39 is 124 Å². The zero-order valence-corrected chi connectivity index (χ0v) is 65.1. The van der Waals surface area contributed by atoms with Crippen LogP contribution in [0.5, 0.6) is 0 Å². The van der Waals surface area contributed by atoms with Crippen molar-refractivity contribution in [3.8, 4) is 0 Å². The molecule has 12 N–H and O–H groups in total. The summed E-state index contributed by atoms with van der Waals surface area (Å²) in [7, 11) is 0. The van der Waals surface area contributed by atoms with Gasteiger partial charge in [0.1, 0.15) is 73.2 Å². The molecular formula is C84H157NO18. The quantitative estimate of drug-likeness (QED) is 0.0199. The second kappa shape index (κ2) is 64.8. The van der Waals surface area contributed by atoms with E-state index in [-0.39, 0.29) is 18.9 Å². The van der Waals surface area contributed by atoms with E-state index in [1.54, 1.807) is 6.08 Å². The third-order valence-corrected chi connectivity index (χ3v) is 21.4. The van der Waals surface area contributed by atoms with Crippen LogP contribution in [0.1, 0.15) is 361 Å². The molecule has 0 aromatic heterocycles. The maximum atomic E-state index is 13.5. The Morgan fingerprint density at radius 2 is 0.621 bits per heavy atom. The van der Waals surface area contributed by atoms with Crippen molar-refractivity contribution in [3.63, 3.8) is 0 Å². The van der Waals surface area contributed by atoms with Crippen molar-refractivity contribution in [3.05, 3.63) is 36.5 Å². The van der Waals surface area contributed by atoms with Gasteiger partial charge in [0.15, 0.2) is 18.9 Å². The van der Waals surface area contributed by atoms with Crippen LogP contribution in [-0.2, 0) is 33.2 Å². The molecule has 0 bridgehead atoms. The first-order valence-electron chi connectivity index (χ1n) is 42.7. The Morgan fingerprint density at radius 1 is 0.340 bits per heavy atom. The minimum absolute atomic E-state index is 0.239. The number of amides is 1. The second-order valence-electron chi connectivity index (χ2n) is 30.6. The smallest absolute Gasteiger partial charge is 0.220 e. The summed E-state index contributed by atoms with van der Waals surface area (Å²) in [4.78, 5) is 13.5. The number of hydrogen-bond donors (Lipinski definition) is 12. The summed E-state index contributed by atoms with van der Waals surface area (Å²) in [5.41, 5.74) is 0. The molecule has 17 atom stereocenters. The van der Waals surface area contributed by atoms with Crippen LogP contribution in [0.2, 0.25) is 0 Å². The molecule has 606 valence electrons. The molecule has 0 spiro atoms. The number of carbonyl (C=O) groups is 1. The molecule has 0 aromatic rings. The first-order chi connectivity index (χ1) is 50.3. The summed E-state index contributed by atoms with van der Waals surface area (Å²) in [6, 6.07) is -0.990. The predicted molar refractivity (Wildman–Crippen MR) is 411 cm³/mol. The number of allylic oxidation sites excluding steroid dienone is 5. The van der Waals surface area contributed by atoms with Crippen molar-refractivity contribution in [1.82, 2.24) is 5.32 Å². The molecule has 103 heavy (non-hydrogen) atoms. The molecule has 1 amide bonds. The number of rotatable bonds is 69. The van der Waals surface area contributed by atoms with Crippen molar-refractivity contribution < 1.29 is 89.4 Å². The number of ether oxygens (including phenoxy) is 6. The highest BCUT2D eigenvalue weighted by Crippen LogP contribution is 2.33. The van der Waals surface area contributed by atoms with E-state index in [1.807, 2.05) is 6.08 Å². The largest absolute Gasteiger partial charge is 0.394 e. The molecule has 0 aliphatic carbocycles. The number of carbonyl (C=O) groups excluding carboxylic acids is 1. The zero-order valence-electron chi connectivity index (χ0n) is 65.1. The summed E-state index contributed by atoms with van der Waals surface area (Å²) in [5.74, 6) is -0.278. The van der Waals surface area contributed by atoms with Gasteiger partial charge in [-0.3, -0.25) is 4.79 Å². The lowest BCUT2D eigenvalue weighted by Gasteiger charge is -2.48. The van der Waals surface area contributed by atoms with Crippen LogP contribution in [-0.4, -0.2) is 193 Å². The molecule has 0 aromatic carbocycles. The normalized spacial score (nSPS) is 26.2. The number of aliphatic hydroxyl groups is 11. The Balaban J connectivity index is 1.36. The fourth-order valence-corrected chi connectivity index (χ4v) is 14.6. The van der Waals surface area contributed by atoms with Crippen molar-refractivity contribution in [2.24, 2.45) is 0 Å². The molecule has 3 fully saturated rings. The first-order valence-corrected chi connectivity index (χ1v) is 42.7. The lowest BCUT2D eigenvalue weighted by atomic mass is 9.96. The van der Waals surface area contributed by atoms with Gasteiger partial charge in [0.2, 0.25) is 5.91 Å². The number of hydrogen-bond acceptors (Lipinski definition) is 18. The van der Waals surface area contributed by atoms with Crippen LogP contribution < -0.4 is 5.32 Å². The zero-order chi connectivity index (χ0) is 74.6. The lowest BCUT2D eigenvalue weighted by Crippen LogP contribution is -2.66.